The lowest BCUT2D eigenvalue weighted by molar-refractivity contribution is -0.145. The molecule has 0 unspecified atom stereocenters. The molecule has 92 valence electrons. The van der Waals surface area contributed by atoms with Crippen LogP contribution < -0.4 is 0 Å². The van der Waals surface area contributed by atoms with Crippen molar-refractivity contribution in [3.8, 4) is 0 Å². The molecule has 0 aromatic heterocycles. The van der Waals surface area contributed by atoms with Crippen LogP contribution in [0.4, 0.5) is 0 Å². The number of ether oxygens (including phenoxy) is 1. The van der Waals surface area contributed by atoms with Gasteiger partial charge in [0, 0.05) is 0 Å². The number of rotatable bonds is 3. The summed E-state index contributed by atoms with van der Waals surface area (Å²) in [6, 6.07) is 4.13. The third-order valence-electron chi connectivity index (χ3n) is 3.88. The molecule has 1 aromatic rings. The SMILES string of the molecule is Cc1ccc(C2(CC(=O)O)COC2)c(C)c1C. The molecule has 0 aliphatic carbocycles. The average Bonchev–Trinajstić information content (AvgIpc) is 2.21. The maximum absolute atomic E-state index is 11.0. The molecule has 17 heavy (non-hydrogen) atoms. The maximum Gasteiger partial charge on any atom is 0.304 e. The minimum atomic E-state index is -0.758. The average molecular weight is 234 g/mol. The van der Waals surface area contributed by atoms with Crippen molar-refractivity contribution in [2.75, 3.05) is 13.2 Å². The largest absolute Gasteiger partial charge is 0.481 e. The van der Waals surface area contributed by atoms with E-state index in [-0.39, 0.29) is 11.8 Å². The van der Waals surface area contributed by atoms with Crippen molar-refractivity contribution >= 4 is 5.97 Å². The van der Waals surface area contributed by atoms with Crippen LogP contribution in [0.5, 0.6) is 0 Å². The van der Waals surface area contributed by atoms with Crippen LogP contribution in [0.2, 0.25) is 0 Å². The number of hydrogen-bond donors (Lipinski definition) is 1. The minimum absolute atomic E-state index is 0.149. The van der Waals surface area contributed by atoms with E-state index in [1.165, 1.54) is 16.7 Å². The lowest BCUT2D eigenvalue weighted by Gasteiger charge is -2.42. The molecule has 3 heteroatoms. The summed E-state index contributed by atoms with van der Waals surface area (Å²) in [4.78, 5) is 11.0. The molecule has 0 bridgehead atoms. The molecule has 1 aliphatic heterocycles. The number of aliphatic carboxylic acids is 1. The Kier molecular flexibility index (Phi) is 2.96. The summed E-state index contributed by atoms with van der Waals surface area (Å²) >= 11 is 0. The lowest BCUT2D eigenvalue weighted by atomic mass is 9.73. The van der Waals surface area contributed by atoms with E-state index >= 15 is 0 Å². The van der Waals surface area contributed by atoms with E-state index in [2.05, 4.69) is 32.9 Å². The highest BCUT2D eigenvalue weighted by molar-refractivity contribution is 5.70. The van der Waals surface area contributed by atoms with Gasteiger partial charge in [-0.2, -0.15) is 0 Å². The first-order valence-corrected chi connectivity index (χ1v) is 5.83. The molecule has 1 saturated heterocycles. The summed E-state index contributed by atoms with van der Waals surface area (Å²) in [6.45, 7) is 7.26. The number of benzene rings is 1. The monoisotopic (exact) mass is 234 g/mol. The van der Waals surface area contributed by atoms with E-state index < -0.39 is 5.97 Å². The van der Waals surface area contributed by atoms with Crippen molar-refractivity contribution in [2.45, 2.75) is 32.6 Å². The normalized spacial score (nSPS) is 17.6. The number of carboxylic acid groups (broad SMARTS) is 1. The summed E-state index contributed by atoms with van der Waals surface area (Å²) in [5.74, 6) is -0.758. The van der Waals surface area contributed by atoms with Crippen molar-refractivity contribution in [3.63, 3.8) is 0 Å². The second-order valence-corrected chi connectivity index (χ2v) is 5.02. The van der Waals surface area contributed by atoms with Gasteiger partial charge in [0.15, 0.2) is 0 Å². The molecule has 0 radical (unpaired) electrons. The quantitative estimate of drug-likeness (QED) is 0.873. The fraction of sp³-hybridized carbons (Fsp3) is 0.500. The van der Waals surface area contributed by atoms with E-state index in [4.69, 9.17) is 9.84 Å². The van der Waals surface area contributed by atoms with Crippen LogP contribution >= 0.6 is 0 Å². The zero-order valence-electron chi connectivity index (χ0n) is 10.5. The van der Waals surface area contributed by atoms with E-state index in [1.807, 2.05) is 0 Å². The van der Waals surface area contributed by atoms with Gasteiger partial charge in [-0.05, 0) is 43.0 Å². The van der Waals surface area contributed by atoms with Gasteiger partial charge in [-0.25, -0.2) is 0 Å². The Balaban J connectivity index is 2.45. The Bertz CT molecular complexity index is 459. The number of hydrogen-bond acceptors (Lipinski definition) is 2. The van der Waals surface area contributed by atoms with Gasteiger partial charge in [0.05, 0.1) is 25.0 Å². The van der Waals surface area contributed by atoms with Crippen LogP contribution in [0.3, 0.4) is 0 Å². The third-order valence-corrected chi connectivity index (χ3v) is 3.88. The van der Waals surface area contributed by atoms with Gasteiger partial charge in [0.2, 0.25) is 0 Å². The third kappa shape index (κ3) is 1.95. The molecule has 3 nitrogen and oxygen atoms in total. The molecule has 1 aliphatic rings. The molecule has 0 amide bonds. The summed E-state index contributed by atoms with van der Waals surface area (Å²) in [7, 11) is 0. The standard InChI is InChI=1S/C14H18O3/c1-9-4-5-12(11(3)10(9)2)14(6-13(15)16)7-17-8-14/h4-5H,6-8H2,1-3H3,(H,15,16). The second-order valence-electron chi connectivity index (χ2n) is 5.02. The van der Waals surface area contributed by atoms with Crippen LogP contribution in [0, 0.1) is 20.8 Å². The van der Waals surface area contributed by atoms with Crippen LogP contribution in [0.25, 0.3) is 0 Å². The van der Waals surface area contributed by atoms with Crippen LogP contribution in [-0.4, -0.2) is 24.3 Å². The van der Waals surface area contributed by atoms with Gasteiger partial charge in [-0.15, -0.1) is 0 Å². The highest BCUT2D eigenvalue weighted by atomic mass is 16.5. The van der Waals surface area contributed by atoms with Crippen LogP contribution in [-0.2, 0) is 14.9 Å². The molecule has 1 aromatic carbocycles. The minimum Gasteiger partial charge on any atom is -0.481 e. The second kappa shape index (κ2) is 4.15. The van der Waals surface area contributed by atoms with Crippen molar-refractivity contribution in [1.82, 2.24) is 0 Å². The summed E-state index contributed by atoms with van der Waals surface area (Å²) in [6.07, 6.45) is 0.149. The number of aryl methyl sites for hydroxylation is 1. The Morgan fingerprint density at radius 1 is 1.29 bits per heavy atom. The molecule has 0 spiro atoms. The Hall–Kier alpha value is -1.35. The maximum atomic E-state index is 11.0. The molecular weight excluding hydrogens is 216 g/mol. The fourth-order valence-corrected chi connectivity index (χ4v) is 2.52. The van der Waals surface area contributed by atoms with Gasteiger partial charge < -0.3 is 9.84 Å². The highest BCUT2D eigenvalue weighted by Gasteiger charge is 2.43. The molecule has 1 fully saturated rings. The number of carbonyl (C=O) groups is 1. The summed E-state index contributed by atoms with van der Waals surface area (Å²) in [5.41, 5.74) is 4.52. The van der Waals surface area contributed by atoms with E-state index in [0.29, 0.717) is 13.2 Å². The topological polar surface area (TPSA) is 46.5 Å². The first-order valence-electron chi connectivity index (χ1n) is 5.83. The highest BCUT2D eigenvalue weighted by Crippen LogP contribution is 2.38. The summed E-state index contributed by atoms with van der Waals surface area (Å²) in [5, 5.41) is 9.03. The Morgan fingerprint density at radius 2 is 1.94 bits per heavy atom. The van der Waals surface area contributed by atoms with Crippen molar-refractivity contribution in [3.05, 3.63) is 34.4 Å². The zero-order valence-corrected chi connectivity index (χ0v) is 10.5. The molecule has 0 atom stereocenters. The molecule has 2 rings (SSSR count). The van der Waals surface area contributed by atoms with Crippen molar-refractivity contribution in [1.29, 1.82) is 0 Å². The van der Waals surface area contributed by atoms with Gasteiger partial charge in [0.1, 0.15) is 0 Å². The molecule has 1 N–H and O–H groups in total. The van der Waals surface area contributed by atoms with E-state index in [1.54, 1.807) is 0 Å². The summed E-state index contributed by atoms with van der Waals surface area (Å²) < 4.78 is 5.26. The Labute approximate surface area is 101 Å². The van der Waals surface area contributed by atoms with Gasteiger partial charge in [-0.1, -0.05) is 12.1 Å². The van der Waals surface area contributed by atoms with Gasteiger partial charge in [0.25, 0.3) is 0 Å². The van der Waals surface area contributed by atoms with Gasteiger partial charge >= 0.3 is 5.97 Å². The van der Waals surface area contributed by atoms with Crippen molar-refractivity contribution in [2.24, 2.45) is 0 Å². The predicted molar refractivity (Wildman–Crippen MR) is 65.4 cm³/mol. The number of carboxylic acids is 1. The molecule has 0 saturated carbocycles. The van der Waals surface area contributed by atoms with Crippen molar-refractivity contribution < 1.29 is 14.6 Å². The smallest absolute Gasteiger partial charge is 0.304 e. The van der Waals surface area contributed by atoms with Crippen LogP contribution in [0.15, 0.2) is 12.1 Å². The van der Waals surface area contributed by atoms with Crippen LogP contribution in [0.1, 0.15) is 28.7 Å². The first kappa shape index (κ1) is 12.1. The Morgan fingerprint density at radius 3 is 2.41 bits per heavy atom. The lowest BCUT2D eigenvalue weighted by Crippen LogP contribution is -2.48. The molecular formula is C14H18O3. The van der Waals surface area contributed by atoms with E-state index in [9.17, 15) is 4.79 Å². The first-order chi connectivity index (χ1) is 7.96. The van der Waals surface area contributed by atoms with Gasteiger partial charge in [-0.3, -0.25) is 4.79 Å². The predicted octanol–water partition coefficient (Wildman–Crippen LogP) is 2.35. The van der Waals surface area contributed by atoms with E-state index in [0.717, 1.165) is 5.56 Å². The fourth-order valence-electron chi connectivity index (χ4n) is 2.52. The molecule has 1 heterocycles. The zero-order chi connectivity index (χ0) is 12.6.